The third-order valence-corrected chi connectivity index (χ3v) is 4.01. The van der Waals surface area contributed by atoms with E-state index in [2.05, 4.69) is 5.32 Å². The maximum Gasteiger partial charge on any atom is 0.251 e. The highest BCUT2D eigenvalue weighted by atomic mass is 32.2. The first kappa shape index (κ1) is 16.6. The van der Waals surface area contributed by atoms with E-state index in [1.165, 1.54) is 6.92 Å². The number of benzene rings is 1. The van der Waals surface area contributed by atoms with Crippen molar-refractivity contribution < 1.29 is 17.6 Å². The van der Waals surface area contributed by atoms with E-state index in [0.29, 0.717) is 0 Å². The molecule has 1 aromatic carbocycles. The Kier molecular flexibility index (Phi) is 5.24. The van der Waals surface area contributed by atoms with Crippen LogP contribution in [0.25, 0.3) is 0 Å². The summed E-state index contributed by atoms with van der Waals surface area (Å²) < 4.78 is 36.3. The van der Waals surface area contributed by atoms with Crippen LogP contribution in [-0.4, -0.2) is 20.4 Å². The minimum absolute atomic E-state index is 0.0167. The maximum absolute atomic E-state index is 13.5. The van der Waals surface area contributed by atoms with Gasteiger partial charge in [-0.3, -0.25) is 4.79 Å². The van der Waals surface area contributed by atoms with E-state index in [9.17, 15) is 17.6 Å². The normalized spacial score (nSPS) is 13.1. The molecule has 1 atom stereocenters. The summed E-state index contributed by atoms with van der Waals surface area (Å²) >= 11 is 0. The quantitative estimate of drug-likeness (QED) is 0.867. The van der Waals surface area contributed by atoms with E-state index in [-0.39, 0.29) is 22.1 Å². The summed E-state index contributed by atoms with van der Waals surface area (Å²) in [6, 6.07) is 1.75. The number of primary sulfonamides is 1. The van der Waals surface area contributed by atoms with Gasteiger partial charge in [0.15, 0.2) is 0 Å². The van der Waals surface area contributed by atoms with Crippen LogP contribution in [0.15, 0.2) is 17.0 Å². The number of rotatable bonds is 5. The molecule has 1 rings (SSSR count). The zero-order chi connectivity index (χ0) is 15.5. The second-order valence-corrected chi connectivity index (χ2v) is 6.31. The van der Waals surface area contributed by atoms with E-state index in [0.717, 1.165) is 25.0 Å². The molecule has 1 unspecified atom stereocenters. The molecule has 7 heteroatoms. The second kappa shape index (κ2) is 6.32. The molecule has 20 heavy (non-hydrogen) atoms. The van der Waals surface area contributed by atoms with Gasteiger partial charge in [-0.05, 0) is 38.0 Å². The molecular weight excluding hydrogens is 283 g/mol. The molecule has 0 aromatic heterocycles. The highest BCUT2D eigenvalue weighted by molar-refractivity contribution is 7.89. The Morgan fingerprint density at radius 1 is 1.45 bits per heavy atom. The zero-order valence-electron chi connectivity index (χ0n) is 11.7. The van der Waals surface area contributed by atoms with Gasteiger partial charge in [0.1, 0.15) is 5.82 Å². The fourth-order valence-electron chi connectivity index (χ4n) is 1.99. The van der Waals surface area contributed by atoms with Crippen molar-refractivity contribution in [1.82, 2.24) is 5.32 Å². The van der Waals surface area contributed by atoms with E-state index >= 15 is 0 Å². The summed E-state index contributed by atoms with van der Waals surface area (Å²) in [6.45, 7) is 5.24. The van der Waals surface area contributed by atoms with Crippen LogP contribution in [0.2, 0.25) is 0 Å². The van der Waals surface area contributed by atoms with Crippen molar-refractivity contribution in [2.75, 3.05) is 0 Å². The van der Waals surface area contributed by atoms with Gasteiger partial charge in [-0.25, -0.2) is 17.9 Å². The Hall–Kier alpha value is -1.47. The second-order valence-electron chi connectivity index (χ2n) is 4.78. The van der Waals surface area contributed by atoms with Crippen LogP contribution in [-0.2, 0) is 10.0 Å². The number of halogens is 1. The fraction of sp³-hybridized carbons (Fsp3) is 0.462. The summed E-state index contributed by atoms with van der Waals surface area (Å²) in [6.07, 6.45) is 1.67. The molecule has 1 amide bonds. The lowest BCUT2D eigenvalue weighted by Crippen LogP contribution is -2.33. The topological polar surface area (TPSA) is 89.3 Å². The molecule has 112 valence electrons. The zero-order valence-corrected chi connectivity index (χ0v) is 12.6. The highest BCUT2D eigenvalue weighted by Gasteiger charge is 2.20. The predicted octanol–water partition coefficient (Wildman–Crippen LogP) is 1.70. The summed E-state index contributed by atoms with van der Waals surface area (Å²) in [5.74, 6) is -1.32. The van der Waals surface area contributed by atoms with Crippen LogP contribution in [0.1, 0.15) is 42.6 Å². The minimum Gasteiger partial charge on any atom is -0.350 e. The number of hydrogen-bond acceptors (Lipinski definition) is 3. The summed E-state index contributed by atoms with van der Waals surface area (Å²) in [7, 11) is -4.07. The Labute approximate surface area is 118 Å². The summed E-state index contributed by atoms with van der Waals surface area (Å²) in [5, 5.41) is 7.72. The van der Waals surface area contributed by atoms with E-state index < -0.39 is 21.7 Å². The molecule has 0 heterocycles. The lowest BCUT2D eigenvalue weighted by molar-refractivity contribution is 0.0937. The Balaban J connectivity index is 3.19. The average Bonchev–Trinajstić information content (AvgIpc) is 2.30. The van der Waals surface area contributed by atoms with Crippen LogP contribution < -0.4 is 10.5 Å². The van der Waals surface area contributed by atoms with Crippen molar-refractivity contribution in [3.63, 3.8) is 0 Å². The Morgan fingerprint density at radius 3 is 2.55 bits per heavy atom. The third-order valence-electron chi connectivity index (χ3n) is 2.98. The molecule has 0 aliphatic carbocycles. The molecule has 3 N–H and O–H groups in total. The van der Waals surface area contributed by atoms with Crippen LogP contribution >= 0.6 is 0 Å². The van der Waals surface area contributed by atoms with Crippen LogP contribution in [0.5, 0.6) is 0 Å². The van der Waals surface area contributed by atoms with Crippen molar-refractivity contribution in [1.29, 1.82) is 0 Å². The summed E-state index contributed by atoms with van der Waals surface area (Å²) in [5.41, 5.74) is 0.132. The van der Waals surface area contributed by atoms with Crippen molar-refractivity contribution in [2.24, 2.45) is 5.14 Å². The number of amides is 1. The van der Waals surface area contributed by atoms with Crippen molar-refractivity contribution in [2.45, 2.75) is 44.6 Å². The van der Waals surface area contributed by atoms with Crippen LogP contribution in [0.3, 0.4) is 0 Å². The van der Waals surface area contributed by atoms with E-state index in [4.69, 9.17) is 5.14 Å². The van der Waals surface area contributed by atoms with Gasteiger partial charge in [0, 0.05) is 11.6 Å². The molecule has 5 nitrogen and oxygen atoms in total. The van der Waals surface area contributed by atoms with Gasteiger partial charge in [0.05, 0.1) is 4.90 Å². The monoisotopic (exact) mass is 302 g/mol. The Morgan fingerprint density at radius 2 is 2.05 bits per heavy atom. The number of carbonyl (C=O) groups excluding carboxylic acids is 1. The van der Waals surface area contributed by atoms with E-state index in [1.54, 1.807) is 0 Å². The van der Waals surface area contributed by atoms with Gasteiger partial charge < -0.3 is 5.32 Å². The van der Waals surface area contributed by atoms with Gasteiger partial charge in [0.25, 0.3) is 5.91 Å². The largest absolute Gasteiger partial charge is 0.350 e. The van der Waals surface area contributed by atoms with Gasteiger partial charge >= 0.3 is 0 Å². The number of sulfonamides is 1. The van der Waals surface area contributed by atoms with Gasteiger partial charge in [-0.1, -0.05) is 13.3 Å². The molecule has 0 saturated carbocycles. The maximum atomic E-state index is 13.5. The van der Waals surface area contributed by atoms with Crippen molar-refractivity contribution in [3.8, 4) is 0 Å². The molecule has 0 radical (unpaired) electrons. The molecular formula is C13H19FN2O3S. The average molecular weight is 302 g/mol. The molecule has 0 spiro atoms. The number of carbonyl (C=O) groups is 1. The first-order valence-electron chi connectivity index (χ1n) is 6.30. The molecule has 0 bridgehead atoms. The molecule has 0 aliphatic heterocycles. The van der Waals surface area contributed by atoms with Gasteiger partial charge in [-0.15, -0.1) is 0 Å². The van der Waals surface area contributed by atoms with Crippen LogP contribution in [0.4, 0.5) is 4.39 Å². The highest BCUT2D eigenvalue weighted by Crippen LogP contribution is 2.20. The van der Waals surface area contributed by atoms with Crippen molar-refractivity contribution >= 4 is 15.9 Å². The molecule has 0 fully saturated rings. The van der Waals surface area contributed by atoms with Crippen molar-refractivity contribution in [3.05, 3.63) is 29.1 Å². The SMILES string of the molecule is CCCC(C)NC(=O)c1cc(F)cc(S(N)(=O)=O)c1C. The molecule has 0 aliphatic rings. The Bertz CT molecular complexity index is 614. The first-order chi connectivity index (χ1) is 9.16. The number of nitrogens with two attached hydrogens (primary N) is 1. The van der Waals surface area contributed by atoms with Gasteiger partial charge in [-0.2, -0.15) is 0 Å². The number of nitrogens with one attached hydrogen (secondary N) is 1. The molecule has 0 saturated heterocycles. The smallest absolute Gasteiger partial charge is 0.251 e. The minimum atomic E-state index is -4.07. The lowest BCUT2D eigenvalue weighted by Gasteiger charge is -2.15. The standard InChI is InChI=1S/C13H19FN2O3S/c1-4-5-8(2)16-13(17)11-6-10(14)7-12(9(11)3)20(15,18)19/h6-8H,4-5H2,1-3H3,(H,16,17)(H2,15,18,19). The summed E-state index contributed by atoms with van der Waals surface area (Å²) in [4.78, 5) is 11.7. The predicted molar refractivity (Wildman–Crippen MR) is 74.3 cm³/mol. The van der Waals surface area contributed by atoms with E-state index in [1.807, 2.05) is 13.8 Å². The van der Waals surface area contributed by atoms with Gasteiger partial charge in [0.2, 0.25) is 10.0 Å². The third kappa shape index (κ3) is 4.01. The lowest BCUT2D eigenvalue weighted by atomic mass is 10.1. The van der Waals surface area contributed by atoms with Crippen LogP contribution in [0, 0.1) is 12.7 Å². The molecule has 1 aromatic rings. The first-order valence-corrected chi connectivity index (χ1v) is 7.85. The number of hydrogen-bond donors (Lipinski definition) is 2. The fourth-order valence-corrected chi connectivity index (χ4v) is 2.81.